The standard InChI is InChI=1S/C16H16N4O5/c1-19(8-11-3-4-14(23-2)13(7-11)20(21)22)9-15-17-16(18-25-15)12-5-6-24-10-12/h3-7,10H,8-9H2,1-2H3. The van der Waals surface area contributed by atoms with Crippen molar-refractivity contribution in [1.82, 2.24) is 15.0 Å². The highest BCUT2D eigenvalue weighted by atomic mass is 16.6. The number of nitro benzene ring substituents is 1. The van der Waals surface area contributed by atoms with E-state index >= 15 is 0 Å². The zero-order valence-electron chi connectivity index (χ0n) is 13.7. The summed E-state index contributed by atoms with van der Waals surface area (Å²) in [6, 6.07) is 6.62. The molecule has 0 spiro atoms. The predicted octanol–water partition coefficient (Wildman–Crippen LogP) is 2.88. The number of methoxy groups -OCH3 is 1. The van der Waals surface area contributed by atoms with Crippen LogP contribution in [0.25, 0.3) is 11.4 Å². The number of ether oxygens (including phenoxy) is 1. The Kier molecular flexibility index (Phi) is 4.75. The van der Waals surface area contributed by atoms with Crippen LogP contribution in [0, 0.1) is 10.1 Å². The quantitative estimate of drug-likeness (QED) is 0.475. The Hall–Kier alpha value is -3.20. The molecule has 0 radical (unpaired) electrons. The average molecular weight is 344 g/mol. The van der Waals surface area contributed by atoms with E-state index in [2.05, 4.69) is 10.1 Å². The maximum Gasteiger partial charge on any atom is 0.311 e. The normalized spacial score (nSPS) is 11.0. The molecule has 0 bridgehead atoms. The molecule has 0 N–H and O–H groups in total. The molecule has 0 aliphatic carbocycles. The first-order valence-electron chi connectivity index (χ1n) is 7.42. The fourth-order valence-corrected chi connectivity index (χ4v) is 2.40. The first kappa shape index (κ1) is 16.7. The second kappa shape index (κ2) is 7.14. The van der Waals surface area contributed by atoms with E-state index in [9.17, 15) is 10.1 Å². The minimum Gasteiger partial charge on any atom is -0.490 e. The molecule has 0 amide bonds. The topological polar surface area (TPSA) is 108 Å². The van der Waals surface area contributed by atoms with E-state index in [-0.39, 0.29) is 11.4 Å². The van der Waals surface area contributed by atoms with Crippen LogP contribution in [0.15, 0.2) is 45.7 Å². The number of nitrogens with zero attached hydrogens (tertiary/aromatic N) is 4. The number of furan rings is 1. The van der Waals surface area contributed by atoms with Crippen LogP contribution >= 0.6 is 0 Å². The van der Waals surface area contributed by atoms with Crippen LogP contribution in [0.3, 0.4) is 0 Å². The van der Waals surface area contributed by atoms with Gasteiger partial charge in [-0.15, -0.1) is 0 Å². The van der Waals surface area contributed by atoms with Gasteiger partial charge in [-0.3, -0.25) is 15.0 Å². The van der Waals surface area contributed by atoms with E-state index in [0.29, 0.717) is 24.8 Å². The molecule has 0 saturated carbocycles. The van der Waals surface area contributed by atoms with Crippen LogP contribution in [-0.4, -0.2) is 34.1 Å². The predicted molar refractivity (Wildman–Crippen MR) is 86.8 cm³/mol. The van der Waals surface area contributed by atoms with Crippen molar-refractivity contribution < 1.29 is 18.6 Å². The zero-order chi connectivity index (χ0) is 17.8. The summed E-state index contributed by atoms with van der Waals surface area (Å²) in [4.78, 5) is 16.8. The van der Waals surface area contributed by atoms with Crippen LogP contribution in [0.1, 0.15) is 11.5 Å². The zero-order valence-corrected chi connectivity index (χ0v) is 13.7. The summed E-state index contributed by atoms with van der Waals surface area (Å²) in [5.74, 6) is 1.14. The molecule has 9 nitrogen and oxygen atoms in total. The van der Waals surface area contributed by atoms with E-state index in [1.165, 1.54) is 25.7 Å². The van der Waals surface area contributed by atoms with Gasteiger partial charge >= 0.3 is 5.69 Å². The van der Waals surface area contributed by atoms with Crippen molar-refractivity contribution in [2.75, 3.05) is 14.2 Å². The first-order chi connectivity index (χ1) is 12.1. The van der Waals surface area contributed by atoms with Gasteiger partial charge in [0.25, 0.3) is 0 Å². The minimum atomic E-state index is -0.461. The second-order valence-corrected chi connectivity index (χ2v) is 5.46. The van der Waals surface area contributed by atoms with Crippen LogP contribution < -0.4 is 4.74 Å². The molecule has 0 unspecified atom stereocenters. The summed E-state index contributed by atoms with van der Waals surface area (Å²) < 4.78 is 15.2. The fourth-order valence-electron chi connectivity index (χ4n) is 2.40. The Morgan fingerprint density at radius 1 is 1.32 bits per heavy atom. The largest absolute Gasteiger partial charge is 0.490 e. The fraction of sp³-hybridized carbons (Fsp3) is 0.250. The van der Waals surface area contributed by atoms with Crippen molar-refractivity contribution in [2.45, 2.75) is 13.1 Å². The van der Waals surface area contributed by atoms with Crippen LogP contribution in [0.4, 0.5) is 5.69 Å². The summed E-state index contributed by atoms with van der Waals surface area (Å²) in [5, 5.41) is 15.0. The molecule has 0 aliphatic rings. The molecular weight excluding hydrogens is 328 g/mol. The van der Waals surface area contributed by atoms with Crippen molar-refractivity contribution >= 4 is 5.69 Å². The van der Waals surface area contributed by atoms with Gasteiger partial charge in [0.2, 0.25) is 11.7 Å². The lowest BCUT2D eigenvalue weighted by molar-refractivity contribution is -0.385. The second-order valence-electron chi connectivity index (χ2n) is 5.46. The highest BCUT2D eigenvalue weighted by Crippen LogP contribution is 2.28. The number of hydrogen-bond acceptors (Lipinski definition) is 8. The van der Waals surface area contributed by atoms with Gasteiger partial charge in [0.05, 0.1) is 30.4 Å². The summed E-state index contributed by atoms with van der Waals surface area (Å²) in [6.07, 6.45) is 3.07. The molecule has 3 rings (SSSR count). The molecular formula is C16H16N4O5. The van der Waals surface area contributed by atoms with Gasteiger partial charge < -0.3 is 13.7 Å². The molecule has 2 heterocycles. The summed E-state index contributed by atoms with van der Waals surface area (Å²) in [5.41, 5.74) is 1.46. The highest BCUT2D eigenvalue weighted by Gasteiger charge is 2.17. The molecule has 2 aromatic heterocycles. The summed E-state index contributed by atoms with van der Waals surface area (Å²) >= 11 is 0. The van der Waals surface area contributed by atoms with Gasteiger partial charge in [0.15, 0.2) is 5.75 Å². The van der Waals surface area contributed by atoms with Crippen LogP contribution in [-0.2, 0) is 13.1 Å². The van der Waals surface area contributed by atoms with Gasteiger partial charge in [-0.1, -0.05) is 11.2 Å². The monoisotopic (exact) mass is 344 g/mol. The van der Waals surface area contributed by atoms with Gasteiger partial charge in [-0.25, -0.2) is 0 Å². The van der Waals surface area contributed by atoms with Crippen LogP contribution in [0.2, 0.25) is 0 Å². The third-order valence-corrected chi connectivity index (χ3v) is 3.55. The van der Waals surface area contributed by atoms with Gasteiger partial charge in [0.1, 0.15) is 6.26 Å². The van der Waals surface area contributed by atoms with E-state index < -0.39 is 4.92 Å². The van der Waals surface area contributed by atoms with Crippen molar-refractivity contribution in [1.29, 1.82) is 0 Å². The Balaban J connectivity index is 1.67. The number of aromatic nitrogens is 2. The number of nitro groups is 1. The van der Waals surface area contributed by atoms with Gasteiger partial charge in [-0.05, 0) is 24.7 Å². The van der Waals surface area contributed by atoms with E-state index in [0.717, 1.165) is 11.1 Å². The SMILES string of the molecule is COc1ccc(CN(C)Cc2nc(-c3ccoc3)no2)cc1[N+](=O)[O-]. The van der Waals surface area contributed by atoms with Crippen molar-refractivity contribution in [3.63, 3.8) is 0 Å². The number of benzene rings is 1. The van der Waals surface area contributed by atoms with Gasteiger partial charge in [0, 0.05) is 12.6 Å². The maximum absolute atomic E-state index is 11.1. The van der Waals surface area contributed by atoms with Crippen LogP contribution in [0.5, 0.6) is 5.75 Å². The molecule has 9 heteroatoms. The Morgan fingerprint density at radius 3 is 2.84 bits per heavy atom. The minimum absolute atomic E-state index is 0.0616. The van der Waals surface area contributed by atoms with E-state index in [4.69, 9.17) is 13.7 Å². The molecule has 0 aliphatic heterocycles. The average Bonchev–Trinajstić information content (AvgIpc) is 3.25. The highest BCUT2D eigenvalue weighted by molar-refractivity contribution is 5.51. The summed E-state index contributed by atoms with van der Waals surface area (Å²) in [6.45, 7) is 0.888. The Bertz CT molecular complexity index is 859. The number of rotatable bonds is 7. The maximum atomic E-state index is 11.1. The third-order valence-electron chi connectivity index (χ3n) is 3.55. The molecule has 3 aromatic rings. The molecule has 130 valence electrons. The Labute approximate surface area is 143 Å². The molecule has 25 heavy (non-hydrogen) atoms. The van der Waals surface area contributed by atoms with Gasteiger partial charge in [-0.2, -0.15) is 4.98 Å². The van der Waals surface area contributed by atoms with E-state index in [1.54, 1.807) is 18.2 Å². The third kappa shape index (κ3) is 3.83. The van der Waals surface area contributed by atoms with E-state index in [1.807, 2.05) is 11.9 Å². The van der Waals surface area contributed by atoms with Crippen molar-refractivity contribution in [3.8, 4) is 17.1 Å². The number of hydrogen-bond donors (Lipinski definition) is 0. The first-order valence-corrected chi connectivity index (χ1v) is 7.42. The lowest BCUT2D eigenvalue weighted by Crippen LogP contribution is -2.17. The Morgan fingerprint density at radius 2 is 2.16 bits per heavy atom. The van der Waals surface area contributed by atoms with Crippen molar-refractivity contribution in [2.24, 2.45) is 0 Å². The van der Waals surface area contributed by atoms with Crippen molar-refractivity contribution in [3.05, 3.63) is 58.4 Å². The molecule has 0 atom stereocenters. The molecule has 1 aromatic carbocycles. The molecule has 0 saturated heterocycles. The lowest BCUT2D eigenvalue weighted by Gasteiger charge is -2.14. The summed E-state index contributed by atoms with van der Waals surface area (Å²) in [7, 11) is 3.26. The molecule has 0 fully saturated rings. The lowest BCUT2D eigenvalue weighted by atomic mass is 10.2. The smallest absolute Gasteiger partial charge is 0.311 e.